The Balaban J connectivity index is 1.74. The Morgan fingerprint density at radius 2 is 1.90 bits per heavy atom. The topological polar surface area (TPSA) is 68.5 Å². The lowest BCUT2D eigenvalue weighted by atomic mass is 10.1. The maximum Gasteiger partial charge on any atom is 0.266 e. The third-order valence-electron chi connectivity index (χ3n) is 4.16. The fraction of sp³-hybridized carbons (Fsp3) is 0.227. The van der Waals surface area contributed by atoms with Crippen LogP contribution in [0.1, 0.15) is 19.7 Å². The second-order valence-electron chi connectivity index (χ2n) is 6.92. The highest BCUT2D eigenvalue weighted by Gasteiger charge is 2.34. The van der Waals surface area contributed by atoms with Crippen molar-refractivity contribution >= 4 is 17.5 Å². The zero-order chi connectivity index (χ0) is 20.9. The van der Waals surface area contributed by atoms with Gasteiger partial charge in [0.2, 0.25) is 11.7 Å². The van der Waals surface area contributed by atoms with Gasteiger partial charge in [0.05, 0.1) is 0 Å². The molecule has 3 rings (SSSR count). The van der Waals surface area contributed by atoms with Crippen LogP contribution >= 0.6 is 11.6 Å². The van der Waals surface area contributed by atoms with Gasteiger partial charge in [0, 0.05) is 17.1 Å². The summed E-state index contributed by atoms with van der Waals surface area (Å²) in [6, 6.07) is 16.4. The van der Waals surface area contributed by atoms with Gasteiger partial charge in [-0.2, -0.15) is 4.98 Å². The summed E-state index contributed by atoms with van der Waals surface area (Å²) in [4.78, 5) is 19.1. The van der Waals surface area contributed by atoms with Crippen molar-refractivity contribution in [3.05, 3.63) is 78.2 Å². The number of rotatable bonds is 8. The molecule has 1 amide bonds. The van der Waals surface area contributed by atoms with Gasteiger partial charge in [-0.05, 0) is 38.1 Å². The molecule has 3 aromatic rings. The van der Waals surface area contributed by atoms with Crippen LogP contribution in [0.15, 0.2) is 71.8 Å². The molecule has 1 aromatic heterocycles. The molecule has 6 nitrogen and oxygen atoms in total. The molecule has 0 saturated heterocycles. The number of amides is 1. The van der Waals surface area contributed by atoms with Gasteiger partial charge in [-0.15, -0.1) is 6.58 Å². The smallest absolute Gasteiger partial charge is 0.266 e. The van der Waals surface area contributed by atoms with E-state index < -0.39 is 5.60 Å². The first kappa shape index (κ1) is 20.6. The van der Waals surface area contributed by atoms with Crippen molar-refractivity contribution < 1.29 is 14.1 Å². The molecule has 0 atom stereocenters. The van der Waals surface area contributed by atoms with Crippen LogP contribution in [0.4, 0.5) is 0 Å². The van der Waals surface area contributed by atoms with E-state index in [-0.39, 0.29) is 12.5 Å². The summed E-state index contributed by atoms with van der Waals surface area (Å²) in [5.74, 6) is 1.13. The molecule has 0 N–H and O–H groups in total. The number of benzene rings is 2. The molecule has 2 aromatic carbocycles. The molecule has 0 aliphatic carbocycles. The third kappa shape index (κ3) is 5.23. The summed E-state index contributed by atoms with van der Waals surface area (Å²) in [7, 11) is 0. The highest BCUT2D eigenvalue weighted by atomic mass is 35.5. The zero-order valence-corrected chi connectivity index (χ0v) is 17.1. The lowest BCUT2D eigenvalue weighted by Crippen LogP contribution is -2.48. The van der Waals surface area contributed by atoms with E-state index in [0.29, 0.717) is 29.0 Å². The van der Waals surface area contributed by atoms with Crippen LogP contribution in [-0.4, -0.2) is 33.1 Å². The SMILES string of the molecule is C=CCN(Cc1nc(-c2ccccc2)no1)C(=O)C(C)(C)Oc1ccc(Cl)cc1. The molecule has 7 heteroatoms. The summed E-state index contributed by atoms with van der Waals surface area (Å²) in [5.41, 5.74) is -0.269. The van der Waals surface area contributed by atoms with Crippen molar-refractivity contribution in [2.45, 2.75) is 26.0 Å². The minimum atomic E-state index is -1.11. The van der Waals surface area contributed by atoms with E-state index in [1.807, 2.05) is 30.3 Å². The lowest BCUT2D eigenvalue weighted by molar-refractivity contribution is -0.145. The minimum absolute atomic E-state index is 0.151. The summed E-state index contributed by atoms with van der Waals surface area (Å²) in [6.07, 6.45) is 1.64. The summed E-state index contributed by atoms with van der Waals surface area (Å²) in [5, 5.41) is 4.60. The average Bonchev–Trinajstić information content (AvgIpc) is 3.18. The van der Waals surface area contributed by atoms with Crippen LogP contribution < -0.4 is 4.74 Å². The number of carbonyl (C=O) groups excluding carboxylic acids is 1. The van der Waals surface area contributed by atoms with Gasteiger partial charge in [0.25, 0.3) is 5.91 Å². The zero-order valence-electron chi connectivity index (χ0n) is 16.3. The van der Waals surface area contributed by atoms with Crippen molar-refractivity contribution in [1.29, 1.82) is 0 Å². The van der Waals surface area contributed by atoms with Crippen LogP contribution in [0, 0.1) is 0 Å². The van der Waals surface area contributed by atoms with Crippen LogP contribution in [0.5, 0.6) is 5.75 Å². The molecular formula is C22H22ClN3O3. The van der Waals surface area contributed by atoms with Crippen molar-refractivity contribution in [2.24, 2.45) is 0 Å². The molecular weight excluding hydrogens is 390 g/mol. The van der Waals surface area contributed by atoms with Crippen molar-refractivity contribution in [1.82, 2.24) is 15.0 Å². The maximum absolute atomic E-state index is 13.1. The predicted molar refractivity (Wildman–Crippen MR) is 112 cm³/mol. The number of hydrogen-bond acceptors (Lipinski definition) is 5. The Kier molecular flexibility index (Phi) is 6.34. The van der Waals surface area contributed by atoms with Crippen molar-refractivity contribution in [2.75, 3.05) is 6.54 Å². The molecule has 29 heavy (non-hydrogen) atoms. The van der Waals surface area contributed by atoms with Crippen LogP contribution in [0.25, 0.3) is 11.4 Å². The van der Waals surface area contributed by atoms with Gasteiger partial charge >= 0.3 is 0 Å². The first-order valence-corrected chi connectivity index (χ1v) is 9.50. The largest absolute Gasteiger partial charge is 0.478 e. The average molecular weight is 412 g/mol. The van der Waals surface area contributed by atoms with Gasteiger partial charge < -0.3 is 14.2 Å². The summed E-state index contributed by atoms with van der Waals surface area (Å²) >= 11 is 5.91. The minimum Gasteiger partial charge on any atom is -0.478 e. The van der Waals surface area contributed by atoms with E-state index in [0.717, 1.165) is 5.56 Å². The molecule has 0 bridgehead atoms. The maximum atomic E-state index is 13.1. The highest BCUT2D eigenvalue weighted by Crippen LogP contribution is 2.23. The molecule has 0 radical (unpaired) electrons. The molecule has 150 valence electrons. The number of aromatic nitrogens is 2. The molecule has 1 heterocycles. The van der Waals surface area contributed by atoms with Gasteiger partial charge in [-0.25, -0.2) is 0 Å². The number of nitrogens with zero attached hydrogens (tertiary/aromatic N) is 3. The van der Waals surface area contributed by atoms with E-state index >= 15 is 0 Å². The fourth-order valence-electron chi connectivity index (χ4n) is 2.78. The quantitative estimate of drug-likeness (QED) is 0.500. The Labute approximate surface area is 174 Å². The second kappa shape index (κ2) is 8.92. The number of hydrogen-bond donors (Lipinski definition) is 0. The molecule has 0 fully saturated rings. The van der Waals surface area contributed by atoms with E-state index in [1.54, 1.807) is 49.1 Å². The van der Waals surface area contributed by atoms with E-state index in [9.17, 15) is 4.79 Å². The first-order chi connectivity index (χ1) is 13.9. The standard InChI is InChI=1S/C22H22ClN3O3/c1-4-14-26(15-19-24-20(25-29-19)16-8-6-5-7-9-16)21(27)22(2,3)28-18-12-10-17(23)11-13-18/h4-13H,1,14-15H2,2-3H3. The Morgan fingerprint density at radius 1 is 1.21 bits per heavy atom. The first-order valence-electron chi connectivity index (χ1n) is 9.12. The van der Waals surface area contributed by atoms with E-state index in [1.165, 1.54) is 0 Å². The van der Waals surface area contributed by atoms with E-state index in [2.05, 4.69) is 16.7 Å². The van der Waals surface area contributed by atoms with Crippen molar-refractivity contribution in [3.63, 3.8) is 0 Å². The fourth-order valence-corrected chi connectivity index (χ4v) is 2.91. The number of halogens is 1. The highest BCUT2D eigenvalue weighted by molar-refractivity contribution is 6.30. The third-order valence-corrected chi connectivity index (χ3v) is 4.42. The van der Waals surface area contributed by atoms with Crippen molar-refractivity contribution in [3.8, 4) is 17.1 Å². The molecule has 0 aliphatic heterocycles. The van der Waals surface area contributed by atoms with Crippen LogP contribution in [0.3, 0.4) is 0 Å². The Bertz CT molecular complexity index is 968. The van der Waals surface area contributed by atoms with E-state index in [4.69, 9.17) is 20.9 Å². The monoisotopic (exact) mass is 411 g/mol. The lowest BCUT2D eigenvalue weighted by Gasteiger charge is -2.31. The van der Waals surface area contributed by atoms with Crippen LogP contribution in [0.2, 0.25) is 5.02 Å². The van der Waals surface area contributed by atoms with Gasteiger partial charge in [0.1, 0.15) is 12.3 Å². The molecule has 0 saturated carbocycles. The second-order valence-corrected chi connectivity index (χ2v) is 7.35. The normalized spacial score (nSPS) is 11.1. The van der Waals surface area contributed by atoms with Gasteiger partial charge in [0.15, 0.2) is 5.60 Å². The Hall–Kier alpha value is -3.12. The summed E-state index contributed by atoms with van der Waals surface area (Å²) < 4.78 is 11.3. The number of ether oxygens (including phenoxy) is 1. The molecule has 0 spiro atoms. The van der Waals surface area contributed by atoms with Crippen LogP contribution in [-0.2, 0) is 11.3 Å². The number of carbonyl (C=O) groups is 1. The molecule has 0 aliphatic rings. The predicted octanol–water partition coefficient (Wildman–Crippen LogP) is 4.76. The van der Waals surface area contributed by atoms with Gasteiger partial charge in [-0.1, -0.05) is 53.2 Å². The Morgan fingerprint density at radius 3 is 2.55 bits per heavy atom. The summed E-state index contributed by atoms with van der Waals surface area (Å²) in [6.45, 7) is 7.63. The van der Waals surface area contributed by atoms with Gasteiger partial charge in [-0.3, -0.25) is 4.79 Å². The molecule has 0 unspecified atom stereocenters.